The molecule has 0 fully saturated rings. The molecule has 0 aliphatic rings. The van der Waals surface area contributed by atoms with E-state index in [9.17, 15) is 4.79 Å². The van der Waals surface area contributed by atoms with Gasteiger partial charge in [0.05, 0.1) is 18.1 Å². The van der Waals surface area contributed by atoms with Crippen LogP contribution in [0.15, 0.2) is 72.8 Å². The number of benzene rings is 3. The Morgan fingerprint density at radius 3 is 2.70 bits per heavy atom. The average molecular weight is 442 g/mol. The first-order chi connectivity index (χ1) is 16.1. The molecule has 0 unspecified atom stereocenters. The van der Waals surface area contributed by atoms with Crippen molar-refractivity contribution >= 4 is 23.0 Å². The summed E-state index contributed by atoms with van der Waals surface area (Å²) in [5.41, 5.74) is 5.09. The number of rotatable bonds is 9. The highest BCUT2D eigenvalue weighted by molar-refractivity contribution is 5.91. The summed E-state index contributed by atoms with van der Waals surface area (Å²) in [6, 6.07) is 21.6. The molecule has 1 amide bonds. The first kappa shape index (κ1) is 22.1. The quantitative estimate of drug-likeness (QED) is 0.365. The highest BCUT2D eigenvalue weighted by Crippen LogP contribution is 2.29. The Labute approximate surface area is 193 Å². The molecule has 4 aromatic rings. The molecule has 3 aromatic carbocycles. The van der Waals surface area contributed by atoms with Crippen molar-refractivity contribution < 1.29 is 14.3 Å². The van der Waals surface area contributed by atoms with E-state index in [1.807, 2.05) is 60.7 Å². The second-order valence-electron chi connectivity index (χ2n) is 7.70. The van der Waals surface area contributed by atoms with E-state index in [-0.39, 0.29) is 5.91 Å². The molecule has 0 atom stereocenters. The number of imidazole rings is 1. The third-order valence-electron chi connectivity index (χ3n) is 5.36. The lowest BCUT2D eigenvalue weighted by Gasteiger charge is -2.12. The summed E-state index contributed by atoms with van der Waals surface area (Å²) in [6.07, 6.45) is 3.90. The molecule has 2 N–H and O–H groups in total. The number of ether oxygens (including phenoxy) is 2. The predicted octanol–water partition coefficient (Wildman–Crippen LogP) is 4.83. The Hall–Kier alpha value is -4.06. The van der Waals surface area contributed by atoms with Crippen molar-refractivity contribution in [3.8, 4) is 11.5 Å². The number of aryl methyl sites for hydroxylation is 1. The van der Waals surface area contributed by atoms with Crippen molar-refractivity contribution in [2.24, 2.45) is 0 Å². The Morgan fingerprint density at radius 1 is 1.06 bits per heavy atom. The van der Waals surface area contributed by atoms with Crippen molar-refractivity contribution in [1.82, 2.24) is 15.3 Å². The van der Waals surface area contributed by atoms with Crippen molar-refractivity contribution in [3.63, 3.8) is 0 Å². The number of para-hydroxylation sites is 2. The highest BCUT2D eigenvalue weighted by atomic mass is 16.5. The van der Waals surface area contributed by atoms with Gasteiger partial charge in [-0.05, 0) is 54.0 Å². The number of fused-ring (bicyclic) bond motifs is 1. The number of H-pyrrole nitrogens is 1. The van der Waals surface area contributed by atoms with Gasteiger partial charge in [-0.15, -0.1) is 0 Å². The standard InChI is InChI=1S/C27H27N3O3/c1-19-7-3-4-8-21(19)18-33-24-13-11-20(17-25(24)32-2)12-14-27(31)28-16-15-26-29-22-9-5-6-10-23(22)30-26/h3-14,17H,15-16,18H2,1-2H3,(H,28,31)(H,29,30)/b14-12+. The van der Waals surface area contributed by atoms with Crippen LogP contribution in [0.4, 0.5) is 0 Å². The smallest absolute Gasteiger partial charge is 0.244 e. The molecule has 168 valence electrons. The number of hydrogen-bond donors (Lipinski definition) is 2. The lowest BCUT2D eigenvalue weighted by atomic mass is 10.1. The zero-order valence-electron chi connectivity index (χ0n) is 18.8. The molecule has 0 radical (unpaired) electrons. The number of amides is 1. The molecule has 0 saturated heterocycles. The molecule has 1 aromatic heterocycles. The van der Waals surface area contributed by atoms with Crippen LogP contribution in [0.2, 0.25) is 0 Å². The third kappa shape index (κ3) is 5.80. The van der Waals surface area contributed by atoms with Gasteiger partial charge in [0.15, 0.2) is 11.5 Å². The van der Waals surface area contributed by atoms with Crippen molar-refractivity contribution in [2.75, 3.05) is 13.7 Å². The number of nitrogens with one attached hydrogen (secondary N) is 2. The van der Waals surface area contributed by atoms with Crippen LogP contribution in [-0.2, 0) is 17.8 Å². The SMILES string of the molecule is COc1cc(/C=C/C(=O)NCCc2nc3ccccc3[nH]2)ccc1OCc1ccccc1C. The van der Waals surface area contributed by atoms with Gasteiger partial charge in [0, 0.05) is 19.0 Å². The van der Waals surface area contributed by atoms with Gasteiger partial charge < -0.3 is 19.8 Å². The molecular weight excluding hydrogens is 414 g/mol. The van der Waals surface area contributed by atoms with Crippen LogP contribution < -0.4 is 14.8 Å². The van der Waals surface area contributed by atoms with Crippen LogP contribution in [0.1, 0.15) is 22.5 Å². The van der Waals surface area contributed by atoms with Crippen LogP contribution in [0, 0.1) is 6.92 Å². The molecule has 0 spiro atoms. The van der Waals surface area contributed by atoms with Crippen LogP contribution in [-0.4, -0.2) is 29.5 Å². The maximum atomic E-state index is 12.2. The minimum Gasteiger partial charge on any atom is -0.493 e. The first-order valence-corrected chi connectivity index (χ1v) is 10.9. The summed E-state index contributed by atoms with van der Waals surface area (Å²) in [5, 5.41) is 2.89. The monoisotopic (exact) mass is 441 g/mol. The Kier molecular flexibility index (Phi) is 7.05. The van der Waals surface area contributed by atoms with Crippen LogP contribution in [0.25, 0.3) is 17.1 Å². The summed E-state index contributed by atoms with van der Waals surface area (Å²) >= 11 is 0. The predicted molar refractivity (Wildman–Crippen MR) is 130 cm³/mol. The summed E-state index contributed by atoms with van der Waals surface area (Å²) < 4.78 is 11.4. The second-order valence-corrected chi connectivity index (χ2v) is 7.70. The van der Waals surface area contributed by atoms with Gasteiger partial charge in [0.1, 0.15) is 12.4 Å². The normalized spacial score (nSPS) is 11.1. The van der Waals surface area contributed by atoms with Crippen molar-refractivity contribution in [3.05, 3.63) is 95.3 Å². The van der Waals surface area contributed by atoms with E-state index >= 15 is 0 Å². The van der Waals surface area contributed by atoms with Crippen LogP contribution in [0.5, 0.6) is 11.5 Å². The Balaban J connectivity index is 1.30. The minimum atomic E-state index is -0.162. The number of carbonyl (C=O) groups excluding carboxylic acids is 1. The van der Waals surface area contributed by atoms with Crippen LogP contribution in [0.3, 0.4) is 0 Å². The number of hydrogen-bond acceptors (Lipinski definition) is 4. The molecular formula is C27H27N3O3. The zero-order chi connectivity index (χ0) is 23.0. The van der Waals surface area contributed by atoms with Gasteiger partial charge in [-0.1, -0.05) is 42.5 Å². The molecule has 33 heavy (non-hydrogen) atoms. The second kappa shape index (κ2) is 10.5. The molecule has 0 saturated carbocycles. The molecule has 6 nitrogen and oxygen atoms in total. The van der Waals surface area contributed by atoms with Gasteiger partial charge >= 0.3 is 0 Å². The number of aromatic amines is 1. The Bertz CT molecular complexity index is 1240. The average Bonchev–Trinajstić information content (AvgIpc) is 3.25. The summed E-state index contributed by atoms with van der Waals surface area (Å²) in [6.45, 7) is 3.02. The largest absolute Gasteiger partial charge is 0.493 e. The maximum Gasteiger partial charge on any atom is 0.244 e. The molecule has 6 heteroatoms. The van der Waals surface area contributed by atoms with E-state index in [1.165, 1.54) is 11.6 Å². The van der Waals surface area contributed by atoms with Crippen molar-refractivity contribution in [1.29, 1.82) is 0 Å². The molecule has 0 aliphatic heterocycles. The van der Waals surface area contributed by atoms with E-state index in [1.54, 1.807) is 13.2 Å². The van der Waals surface area contributed by atoms with Gasteiger partial charge in [0.2, 0.25) is 5.91 Å². The van der Waals surface area contributed by atoms with Gasteiger partial charge in [0.25, 0.3) is 0 Å². The van der Waals surface area contributed by atoms with E-state index in [0.717, 1.165) is 28.0 Å². The number of aromatic nitrogens is 2. The fraction of sp³-hybridized carbons (Fsp3) is 0.185. The topological polar surface area (TPSA) is 76.2 Å². The molecule has 4 rings (SSSR count). The van der Waals surface area contributed by atoms with Gasteiger partial charge in [-0.2, -0.15) is 0 Å². The number of carbonyl (C=O) groups is 1. The number of methoxy groups -OCH3 is 1. The number of nitrogens with zero attached hydrogens (tertiary/aromatic N) is 1. The Morgan fingerprint density at radius 2 is 1.88 bits per heavy atom. The van der Waals surface area contributed by atoms with Crippen LogP contribution >= 0.6 is 0 Å². The molecule has 1 heterocycles. The summed E-state index contributed by atoms with van der Waals surface area (Å²) in [5.74, 6) is 1.97. The minimum absolute atomic E-state index is 0.162. The van der Waals surface area contributed by atoms with E-state index in [0.29, 0.717) is 31.1 Å². The third-order valence-corrected chi connectivity index (χ3v) is 5.36. The van der Waals surface area contributed by atoms with E-state index in [2.05, 4.69) is 28.3 Å². The maximum absolute atomic E-state index is 12.2. The summed E-state index contributed by atoms with van der Waals surface area (Å²) in [4.78, 5) is 20.0. The summed E-state index contributed by atoms with van der Waals surface area (Å²) in [7, 11) is 1.61. The fourth-order valence-corrected chi connectivity index (χ4v) is 3.49. The van der Waals surface area contributed by atoms with E-state index < -0.39 is 0 Å². The fourth-order valence-electron chi connectivity index (χ4n) is 3.49. The zero-order valence-corrected chi connectivity index (χ0v) is 18.8. The lowest BCUT2D eigenvalue weighted by Crippen LogP contribution is -2.23. The highest BCUT2D eigenvalue weighted by Gasteiger charge is 2.07. The van der Waals surface area contributed by atoms with E-state index in [4.69, 9.17) is 9.47 Å². The first-order valence-electron chi connectivity index (χ1n) is 10.9. The van der Waals surface area contributed by atoms with Crippen molar-refractivity contribution in [2.45, 2.75) is 20.0 Å². The lowest BCUT2D eigenvalue weighted by molar-refractivity contribution is -0.116. The van der Waals surface area contributed by atoms with Gasteiger partial charge in [-0.3, -0.25) is 4.79 Å². The molecule has 0 aliphatic carbocycles. The van der Waals surface area contributed by atoms with Gasteiger partial charge in [-0.25, -0.2) is 4.98 Å². The molecule has 0 bridgehead atoms.